The summed E-state index contributed by atoms with van der Waals surface area (Å²) in [5.41, 5.74) is 0.956. The van der Waals surface area contributed by atoms with Crippen molar-refractivity contribution in [3.8, 4) is 0 Å². The van der Waals surface area contributed by atoms with Crippen LogP contribution in [0.3, 0.4) is 0 Å². The van der Waals surface area contributed by atoms with Crippen LogP contribution in [0.15, 0.2) is 23.4 Å². The first-order valence-corrected chi connectivity index (χ1v) is 10.5. The molecule has 0 bridgehead atoms. The average molecular weight is 411 g/mol. The number of hydrogen-bond donors (Lipinski definition) is 0. The normalized spacial score (nSPS) is 16.7. The molecule has 1 heterocycles. The number of thioether (sulfide) groups is 1. The summed E-state index contributed by atoms with van der Waals surface area (Å²) in [7, 11) is 1.80. The molecule has 0 aliphatic heterocycles. The van der Waals surface area contributed by atoms with Gasteiger partial charge in [0.2, 0.25) is 5.91 Å². The van der Waals surface area contributed by atoms with Crippen molar-refractivity contribution in [1.29, 1.82) is 0 Å². The van der Waals surface area contributed by atoms with Gasteiger partial charge in [0.15, 0.2) is 5.16 Å². The Morgan fingerprint density at radius 2 is 2.00 bits per heavy atom. The largest absolute Gasteiger partial charge is 0.341 e. The second-order valence-corrected chi connectivity index (χ2v) is 8.76. The zero-order valence-corrected chi connectivity index (χ0v) is 16.8. The molecule has 1 amide bonds. The highest BCUT2D eigenvalue weighted by molar-refractivity contribution is 7.99. The molecule has 0 N–H and O–H groups in total. The average Bonchev–Trinajstić information content (AvgIpc) is 3.54. The van der Waals surface area contributed by atoms with E-state index in [2.05, 4.69) is 14.8 Å². The van der Waals surface area contributed by atoms with Crippen molar-refractivity contribution >= 4 is 40.9 Å². The first-order chi connectivity index (χ1) is 12.5. The summed E-state index contributed by atoms with van der Waals surface area (Å²) in [6.07, 6.45) is 4.80. The maximum atomic E-state index is 12.5. The number of carbonyl (C=O) groups excluding carboxylic acids is 1. The van der Waals surface area contributed by atoms with E-state index in [1.54, 1.807) is 24.1 Å². The van der Waals surface area contributed by atoms with Gasteiger partial charge >= 0.3 is 0 Å². The predicted molar refractivity (Wildman–Crippen MR) is 104 cm³/mol. The van der Waals surface area contributed by atoms with Gasteiger partial charge in [-0.2, -0.15) is 0 Å². The van der Waals surface area contributed by atoms with Gasteiger partial charge in [-0.25, -0.2) is 0 Å². The van der Waals surface area contributed by atoms with Crippen LogP contribution in [-0.4, -0.2) is 38.4 Å². The molecule has 4 rings (SSSR count). The lowest BCUT2D eigenvalue weighted by molar-refractivity contribution is -0.127. The lowest BCUT2D eigenvalue weighted by Gasteiger charge is -2.17. The molecule has 0 spiro atoms. The third-order valence-electron chi connectivity index (χ3n) is 4.70. The third kappa shape index (κ3) is 4.02. The van der Waals surface area contributed by atoms with Crippen LogP contribution in [0.2, 0.25) is 10.0 Å². The Morgan fingerprint density at radius 3 is 2.65 bits per heavy atom. The van der Waals surface area contributed by atoms with Crippen LogP contribution in [-0.2, 0) is 11.3 Å². The molecule has 2 fully saturated rings. The number of halogens is 2. The maximum Gasteiger partial charge on any atom is 0.233 e. The van der Waals surface area contributed by atoms with Gasteiger partial charge in [0, 0.05) is 25.6 Å². The van der Waals surface area contributed by atoms with E-state index in [4.69, 9.17) is 23.2 Å². The van der Waals surface area contributed by atoms with Gasteiger partial charge in [-0.15, -0.1) is 10.2 Å². The molecular formula is C18H20Cl2N4OS. The molecule has 1 aromatic carbocycles. The zero-order chi connectivity index (χ0) is 18.3. The van der Waals surface area contributed by atoms with E-state index in [1.165, 1.54) is 37.4 Å². The van der Waals surface area contributed by atoms with Crippen molar-refractivity contribution in [2.45, 2.75) is 49.3 Å². The summed E-state index contributed by atoms with van der Waals surface area (Å²) in [6.45, 7) is 0.499. The summed E-state index contributed by atoms with van der Waals surface area (Å²) in [5, 5.41) is 10.6. The van der Waals surface area contributed by atoms with Crippen molar-refractivity contribution < 1.29 is 4.79 Å². The molecule has 2 aliphatic carbocycles. The fourth-order valence-electron chi connectivity index (χ4n) is 2.92. The third-order valence-corrected chi connectivity index (χ3v) is 6.37. The van der Waals surface area contributed by atoms with Crippen LogP contribution in [0.5, 0.6) is 0 Å². The maximum absolute atomic E-state index is 12.5. The van der Waals surface area contributed by atoms with Crippen LogP contribution >= 0.6 is 35.0 Å². The van der Waals surface area contributed by atoms with E-state index < -0.39 is 0 Å². The van der Waals surface area contributed by atoms with Gasteiger partial charge in [0.1, 0.15) is 5.82 Å². The van der Waals surface area contributed by atoms with E-state index >= 15 is 0 Å². The Labute approximate surface area is 167 Å². The van der Waals surface area contributed by atoms with Crippen LogP contribution in [0.1, 0.15) is 49.0 Å². The molecule has 1 aromatic heterocycles. The highest BCUT2D eigenvalue weighted by atomic mass is 35.5. The quantitative estimate of drug-likeness (QED) is 0.628. The summed E-state index contributed by atoms with van der Waals surface area (Å²) >= 11 is 13.5. The second kappa shape index (κ2) is 7.41. The monoisotopic (exact) mass is 410 g/mol. The second-order valence-electron chi connectivity index (χ2n) is 7.00. The zero-order valence-electron chi connectivity index (χ0n) is 14.5. The standard InChI is InChI=1S/C18H20Cl2N4OS/c1-23(9-11-2-7-14(19)15(20)8-11)16(25)10-26-18-22-21-17(12-3-4-12)24(18)13-5-6-13/h2,7-8,12-13H,3-6,9-10H2,1H3. The Hall–Kier alpha value is -1.24. The van der Waals surface area contributed by atoms with Crippen LogP contribution in [0.25, 0.3) is 0 Å². The Kier molecular flexibility index (Phi) is 5.17. The molecule has 2 aliphatic rings. The molecule has 8 heteroatoms. The molecule has 26 heavy (non-hydrogen) atoms. The Morgan fingerprint density at radius 1 is 1.23 bits per heavy atom. The minimum atomic E-state index is 0.0550. The number of carbonyl (C=O) groups is 1. The number of benzene rings is 1. The fraction of sp³-hybridized carbons (Fsp3) is 0.500. The molecule has 0 atom stereocenters. The number of aromatic nitrogens is 3. The SMILES string of the molecule is CN(Cc1ccc(Cl)c(Cl)c1)C(=O)CSc1nnc(C2CC2)n1C1CC1. The van der Waals surface area contributed by atoms with Gasteiger partial charge in [0.25, 0.3) is 0 Å². The van der Waals surface area contributed by atoms with E-state index in [0.717, 1.165) is 16.5 Å². The van der Waals surface area contributed by atoms with Gasteiger partial charge in [-0.05, 0) is 43.4 Å². The van der Waals surface area contributed by atoms with E-state index in [9.17, 15) is 4.79 Å². The lowest BCUT2D eigenvalue weighted by atomic mass is 10.2. The summed E-state index contributed by atoms with van der Waals surface area (Å²) in [4.78, 5) is 14.2. The van der Waals surface area contributed by atoms with Gasteiger partial charge in [-0.3, -0.25) is 4.79 Å². The number of hydrogen-bond acceptors (Lipinski definition) is 4. The lowest BCUT2D eigenvalue weighted by Crippen LogP contribution is -2.27. The smallest absolute Gasteiger partial charge is 0.233 e. The summed E-state index contributed by atoms with van der Waals surface area (Å²) in [6, 6.07) is 5.97. The number of rotatable bonds is 7. The minimum absolute atomic E-state index is 0.0550. The topological polar surface area (TPSA) is 51.0 Å². The molecule has 0 radical (unpaired) electrons. The number of amides is 1. The van der Waals surface area contributed by atoms with Gasteiger partial charge in [0.05, 0.1) is 15.8 Å². The Balaban J connectivity index is 1.37. The highest BCUT2D eigenvalue weighted by Gasteiger charge is 2.36. The van der Waals surface area contributed by atoms with Gasteiger partial charge < -0.3 is 9.47 Å². The van der Waals surface area contributed by atoms with E-state index in [0.29, 0.717) is 34.3 Å². The summed E-state index contributed by atoms with van der Waals surface area (Å²) in [5.74, 6) is 2.10. The molecule has 5 nitrogen and oxygen atoms in total. The van der Waals surface area contributed by atoms with Crippen LogP contribution in [0, 0.1) is 0 Å². The molecular weight excluding hydrogens is 391 g/mol. The van der Waals surface area contributed by atoms with Crippen molar-refractivity contribution in [1.82, 2.24) is 19.7 Å². The number of nitrogens with zero attached hydrogens (tertiary/aromatic N) is 4. The van der Waals surface area contributed by atoms with Crippen molar-refractivity contribution in [2.24, 2.45) is 0 Å². The molecule has 2 aromatic rings. The highest BCUT2D eigenvalue weighted by Crippen LogP contribution is 2.46. The van der Waals surface area contributed by atoms with Crippen LogP contribution < -0.4 is 0 Å². The minimum Gasteiger partial charge on any atom is -0.341 e. The van der Waals surface area contributed by atoms with E-state index in [-0.39, 0.29) is 5.91 Å². The van der Waals surface area contributed by atoms with Crippen LogP contribution in [0.4, 0.5) is 0 Å². The molecule has 2 saturated carbocycles. The predicted octanol–water partition coefficient (Wildman–Crippen LogP) is 4.55. The van der Waals surface area contributed by atoms with Crippen molar-refractivity contribution in [2.75, 3.05) is 12.8 Å². The fourth-order valence-corrected chi connectivity index (χ4v) is 4.19. The van der Waals surface area contributed by atoms with Crippen molar-refractivity contribution in [3.05, 3.63) is 39.6 Å². The summed E-state index contributed by atoms with van der Waals surface area (Å²) < 4.78 is 2.27. The van der Waals surface area contributed by atoms with E-state index in [1.807, 2.05) is 6.07 Å². The molecule has 0 saturated heterocycles. The first-order valence-electron chi connectivity index (χ1n) is 8.78. The molecule has 138 valence electrons. The first kappa shape index (κ1) is 18.1. The van der Waals surface area contributed by atoms with Crippen molar-refractivity contribution in [3.63, 3.8) is 0 Å². The molecule has 0 unspecified atom stereocenters. The Bertz CT molecular complexity index is 833. The van der Waals surface area contributed by atoms with Gasteiger partial charge in [-0.1, -0.05) is 41.0 Å².